The van der Waals surface area contributed by atoms with E-state index in [2.05, 4.69) is 10.0 Å². The van der Waals surface area contributed by atoms with Crippen LogP contribution < -0.4 is 10.0 Å². The Labute approximate surface area is 80.1 Å². The lowest BCUT2D eigenvalue weighted by molar-refractivity contribution is 0.565. The molecule has 1 unspecified atom stereocenters. The third-order valence-electron chi connectivity index (χ3n) is 2.29. The molecule has 0 aromatic carbocycles. The van der Waals surface area contributed by atoms with Gasteiger partial charge < -0.3 is 5.32 Å². The number of hydrogen-bond donors (Lipinski definition) is 2. The fraction of sp³-hybridized carbons (Fsp3) is 1.00. The molecule has 1 heterocycles. The van der Waals surface area contributed by atoms with Gasteiger partial charge in [-0.15, -0.1) is 0 Å². The van der Waals surface area contributed by atoms with Crippen LogP contribution in [0.25, 0.3) is 0 Å². The summed E-state index contributed by atoms with van der Waals surface area (Å²) in [5, 5.41) is 2.83. The molecule has 1 atom stereocenters. The lowest BCUT2D eigenvalue weighted by Gasteiger charge is -2.10. The van der Waals surface area contributed by atoms with Crippen molar-refractivity contribution in [3.8, 4) is 0 Å². The fourth-order valence-corrected chi connectivity index (χ4v) is 2.83. The van der Waals surface area contributed by atoms with E-state index in [1.807, 2.05) is 6.92 Å². The summed E-state index contributed by atoms with van der Waals surface area (Å²) in [7, 11) is -3.04. The van der Waals surface area contributed by atoms with Crippen molar-refractivity contribution >= 4 is 10.0 Å². The molecule has 0 aliphatic carbocycles. The Bertz CT molecular complexity index is 233. The summed E-state index contributed by atoms with van der Waals surface area (Å²) in [4.78, 5) is 0. The van der Waals surface area contributed by atoms with Crippen LogP contribution in [0.3, 0.4) is 0 Å². The van der Waals surface area contributed by atoms with Gasteiger partial charge in [-0.05, 0) is 19.4 Å². The Morgan fingerprint density at radius 1 is 1.54 bits per heavy atom. The van der Waals surface area contributed by atoms with Gasteiger partial charge in [0, 0.05) is 13.1 Å². The average molecular weight is 206 g/mol. The molecule has 5 heteroatoms. The van der Waals surface area contributed by atoms with Crippen LogP contribution in [-0.4, -0.2) is 33.3 Å². The van der Waals surface area contributed by atoms with Gasteiger partial charge >= 0.3 is 0 Å². The lowest BCUT2D eigenvalue weighted by atomic mass is 10.3. The van der Waals surface area contributed by atoms with E-state index in [0.29, 0.717) is 13.1 Å². The molecule has 1 rings (SSSR count). The molecule has 1 aliphatic rings. The minimum absolute atomic E-state index is 0.218. The maximum atomic E-state index is 11.6. The first-order valence-electron chi connectivity index (χ1n) is 4.86. The topological polar surface area (TPSA) is 58.2 Å². The summed E-state index contributed by atoms with van der Waals surface area (Å²) in [6, 6.07) is 0. The number of rotatable bonds is 5. The maximum absolute atomic E-state index is 11.6. The zero-order valence-electron chi connectivity index (χ0n) is 8.04. The minimum Gasteiger partial charge on any atom is -0.315 e. The minimum atomic E-state index is -3.04. The zero-order valence-corrected chi connectivity index (χ0v) is 8.86. The smallest absolute Gasteiger partial charge is 0.215 e. The molecular formula is C8H18N2O2S. The predicted octanol–water partition coefficient (Wildman–Crippen LogP) is 0.0678. The largest absolute Gasteiger partial charge is 0.315 e. The first-order valence-corrected chi connectivity index (χ1v) is 6.40. The molecule has 0 aromatic rings. The summed E-state index contributed by atoms with van der Waals surface area (Å²) in [6.45, 7) is 4.04. The van der Waals surface area contributed by atoms with Crippen molar-refractivity contribution in [3.05, 3.63) is 0 Å². The van der Waals surface area contributed by atoms with Crippen LogP contribution in [0.2, 0.25) is 0 Å². The van der Waals surface area contributed by atoms with E-state index in [1.165, 1.54) is 0 Å². The highest BCUT2D eigenvalue weighted by Gasteiger charge is 2.27. The molecule has 0 bridgehead atoms. The van der Waals surface area contributed by atoms with Crippen LogP contribution in [0, 0.1) is 0 Å². The number of unbranched alkanes of at least 4 members (excludes halogenated alkanes) is 1. The molecule has 13 heavy (non-hydrogen) atoms. The normalized spacial score (nSPS) is 23.6. The molecule has 4 nitrogen and oxygen atoms in total. The van der Waals surface area contributed by atoms with Gasteiger partial charge in [0.05, 0.1) is 5.25 Å². The lowest BCUT2D eigenvalue weighted by Crippen LogP contribution is -2.36. The first kappa shape index (κ1) is 10.9. The van der Waals surface area contributed by atoms with Crippen molar-refractivity contribution in [2.75, 3.05) is 19.6 Å². The standard InChI is InChI=1S/C8H18N2O2S/c1-2-3-5-10-13(11,12)8-4-6-9-7-8/h8-10H,2-7H2,1H3. The SMILES string of the molecule is CCCCNS(=O)(=O)C1CCNC1. The number of nitrogens with one attached hydrogen (secondary N) is 2. The van der Waals surface area contributed by atoms with Crippen molar-refractivity contribution < 1.29 is 8.42 Å². The monoisotopic (exact) mass is 206 g/mol. The third kappa shape index (κ3) is 3.25. The molecule has 1 saturated heterocycles. The van der Waals surface area contributed by atoms with Gasteiger partial charge in [-0.25, -0.2) is 13.1 Å². The second kappa shape index (κ2) is 4.93. The highest BCUT2D eigenvalue weighted by Crippen LogP contribution is 2.07. The van der Waals surface area contributed by atoms with Crippen molar-refractivity contribution in [3.63, 3.8) is 0 Å². The molecular weight excluding hydrogens is 188 g/mol. The predicted molar refractivity (Wildman–Crippen MR) is 53.1 cm³/mol. The van der Waals surface area contributed by atoms with E-state index < -0.39 is 10.0 Å². The molecule has 0 radical (unpaired) electrons. The van der Waals surface area contributed by atoms with Gasteiger partial charge in [0.2, 0.25) is 10.0 Å². The molecule has 0 amide bonds. The highest BCUT2D eigenvalue weighted by atomic mass is 32.2. The van der Waals surface area contributed by atoms with Crippen LogP contribution in [0.1, 0.15) is 26.2 Å². The van der Waals surface area contributed by atoms with Gasteiger partial charge in [-0.2, -0.15) is 0 Å². The molecule has 78 valence electrons. The van der Waals surface area contributed by atoms with Crippen molar-refractivity contribution in [2.24, 2.45) is 0 Å². The van der Waals surface area contributed by atoms with E-state index in [4.69, 9.17) is 0 Å². The number of hydrogen-bond acceptors (Lipinski definition) is 3. The van der Waals surface area contributed by atoms with Gasteiger partial charge in [-0.1, -0.05) is 13.3 Å². The van der Waals surface area contributed by atoms with Gasteiger partial charge in [0.1, 0.15) is 0 Å². The molecule has 1 aliphatic heterocycles. The Morgan fingerprint density at radius 2 is 2.31 bits per heavy atom. The van der Waals surface area contributed by atoms with E-state index >= 15 is 0 Å². The number of sulfonamides is 1. The summed E-state index contributed by atoms with van der Waals surface area (Å²) >= 11 is 0. The summed E-state index contributed by atoms with van der Waals surface area (Å²) < 4.78 is 25.7. The molecule has 2 N–H and O–H groups in total. The molecule has 0 spiro atoms. The summed E-state index contributed by atoms with van der Waals surface area (Å²) in [6.07, 6.45) is 2.67. The summed E-state index contributed by atoms with van der Waals surface area (Å²) in [5.74, 6) is 0. The van der Waals surface area contributed by atoms with E-state index in [-0.39, 0.29) is 5.25 Å². The van der Waals surface area contributed by atoms with Crippen molar-refractivity contribution in [2.45, 2.75) is 31.4 Å². The second-order valence-corrected chi connectivity index (χ2v) is 5.45. The van der Waals surface area contributed by atoms with Gasteiger partial charge in [0.15, 0.2) is 0 Å². The Balaban J connectivity index is 2.36. The molecule has 0 saturated carbocycles. The zero-order chi connectivity index (χ0) is 9.73. The van der Waals surface area contributed by atoms with Crippen molar-refractivity contribution in [1.29, 1.82) is 0 Å². The van der Waals surface area contributed by atoms with Crippen molar-refractivity contribution in [1.82, 2.24) is 10.0 Å². The van der Waals surface area contributed by atoms with Crippen LogP contribution in [0.4, 0.5) is 0 Å². The van der Waals surface area contributed by atoms with E-state index in [9.17, 15) is 8.42 Å². The second-order valence-electron chi connectivity index (χ2n) is 3.41. The Kier molecular flexibility index (Phi) is 4.15. The van der Waals surface area contributed by atoms with Crippen LogP contribution in [0.15, 0.2) is 0 Å². The van der Waals surface area contributed by atoms with E-state index in [1.54, 1.807) is 0 Å². The Morgan fingerprint density at radius 3 is 2.85 bits per heavy atom. The molecule has 0 aromatic heterocycles. The Hall–Kier alpha value is -0.130. The molecule has 1 fully saturated rings. The van der Waals surface area contributed by atoms with Crippen LogP contribution in [0.5, 0.6) is 0 Å². The fourth-order valence-electron chi connectivity index (χ4n) is 1.40. The first-order chi connectivity index (χ1) is 6.17. The highest BCUT2D eigenvalue weighted by molar-refractivity contribution is 7.90. The average Bonchev–Trinajstić information content (AvgIpc) is 2.56. The van der Waals surface area contributed by atoms with E-state index in [0.717, 1.165) is 25.8 Å². The summed E-state index contributed by atoms with van der Waals surface area (Å²) in [5.41, 5.74) is 0. The van der Waals surface area contributed by atoms with Crippen LogP contribution in [-0.2, 0) is 10.0 Å². The third-order valence-corrected chi connectivity index (χ3v) is 4.17. The van der Waals surface area contributed by atoms with Crippen LogP contribution >= 0.6 is 0 Å². The van der Waals surface area contributed by atoms with Gasteiger partial charge in [-0.3, -0.25) is 0 Å². The quantitative estimate of drug-likeness (QED) is 0.626. The maximum Gasteiger partial charge on any atom is 0.215 e. The van der Waals surface area contributed by atoms with Gasteiger partial charge in [0.25, 0.3) is 0 Å².